The Hall–Kier alpha value is -2.22. The second-order valence-corrected chi connectivity index (χ2v) is 8.45. The first kappa shape index (κ1) is 18.6. The molecule has 1 aromatic heterocycles. The lowest BCUT2D eigenvalue weighted by Crippen LogP contribution is -2.35. The molecule has 3 rings (SSSR count). The zero-order valence-corrected chi connectivity index (χ0v) is 15.9. The SMILES string of the molecule is Cc1cc(N(CC(=O)O)S(=O)(=O)c2cc(Cl)cc(Cl)c2)cc2cc[nH]c12. The molecule has 9 heteroatoms. The molecule has 0 fully saturated rings. The van der Waals surface area contributed by atoms with E-state index >= 15 is 0 Å². The molecule has 136 valence electrons. The second kappa shape index (κ2) is 6.83. The molecule has 0 saturated carbocycles. The van der Waals surface area contributed by atoms with Crippen LogP contribution in [0, 0.1) is 6.92 Å². The fraction of sp³-hybridized carbons (Fsp3) is 0.118. The average molecular weight is 413 g/mol. The van der Waals surface area contributed by atoms with Gasteiger partial charge in [0.1, 0.15) is 6.54 Å². The maximum absolute atomic E-state index is 13.1. The first-order valence-corrected chi connectivity index (χ1v) is 9.66. The molecule has 0 unspecified atom stereocenters. The average Bonchev–Trinajstić information content (AvgIpc) is 3.00. The number of aromatic nitrogens is 1. The lowest BCUT2D eigenvalue weighted by Gasteiger charge is -2.23. The van der Waals surface area contributed by atoms with Gasteiger partial charge in [-0.25, -0.2) is 8.42 Å². The van der Waals surface area contributed by atoms with E-state index < -0.39 is 22.5 Å². The van der Waals surface area contributed by atoms with Crippen molar-refractivity contribution in [3.8, 4) is 0 Å². The van der Waals surface area contributed by atoms with Crippen molar-refractivity contribution in [1.29, 1.82) is 0 Å². The molecule has 0 spiro atoms. The molecular weight excluding hydrogens is 399 g/mol. The van der Waals surface area contributed by atoms with Gasteiger partial charge in [-0.15, -0.1) is 0 Å². The molecule has 0 aliphatic rings. The van der Waals surface area contributed by atoms with Gasteiger partial charge >= 0.3 is 5.97 Å². The Morgan fingerprint density at radius 3 is 2.42 bits per heavy atom. The summed E-state index contributed by atoms with van der Waals surface area (Å²) >= 11 is 11.8. The molecule has 0 amide bonds. The number of benzene rings is 2. The Balaban J connectivity index is 2.19. The molecule has 6 nitrogen and oxygen atoms in total. The number of nitrogens with zero attached hydrogens (tertiary/aromatic N) is 1. The van der Waals surface area contributed by atoms with E-state index in [1.807, 2.05) is 6.92 Å². The highest BCUT2D eigenvalue weighted by atomic mass is 35.5. The molecule has 1 heterocycles. The van der Waals surface area contributed by atoms with E-state index in [1.54, 1.807) is 24.4 Å². The van der Waals surface area contributed by atoms with Crippen LogP contribution in [0.5, 0.6) is 0 Å². The van der Waals surface area contributed by atoms with Gasteiger partial charge in [0.25, 0.3) is 10.0 Å². The van der Waals surface area contributed by atoms with Crippen LogP contribution in [0.15, 0.2) is 47.5 Å². The van der Waals surface area contributed by atoms with Crippen LogP contribution >= 0.6 is 23.2 Å². The summed E-state index contributed by atoms with van der Waals surface area (Å²) in [6.45, 7) is 1.08. The molecule has 0 bridgehead atoms. The molecule has 0 atom stereocenters. The first-order valence-electron chi connectivity index (χ1n) is 7.47. The highest BCUT2D eigenvalue weighted by molar-refractivity contribution is 7.92. The largest absolute Gasteiger partial charge is 0.480 e. The smallest absolute Gasteiger partial charge is 0.324 e. The monoisotopic (exact) mass is 412 g/mol. The number of nitrogens with one attached hydrogen (secondary N) is 1. The Labute approximate surface area is 160 Å². The summed E-state index contributed by atoms with van der Waals surface area (Å²) in [4.78, 5) is 14.2. The summed E-state index contributed by atoms with van der Waals surface area (Å²) < 4.78 is 27.0. The summed E-state index contributed by atoms with van der Waals surface area (Å²) in [7, 11) is -4.19. The Morgan fingerprint density at radius 2 is 1.81 bits per heavy atom. The number of H-pyrrole nitrogens is 1. The van der Waals surface area contributed by atoms with E-state index in [1.165, 1.54) is 18.2 Å². The second-order valence-electron chi connectivity index (χ2n) is 5.72. The van der Waals surface area contributed by atoms with Crippen LogP contribution < -0.4 is 4.31 Å². The zero-order valence-electron chi connectivity index (χ0n) is 13.5. The number of sulfonamides is 1. The highest BCUT2D eigenvalue weighted by Crippen LogP contribution is 2.31. The van der Waals surface area contributed by atoms with Gasteiger partial charge in [-0.1, -0.05) is 23.2 Å². The molecule has 0 saturated heterocycles. The number of hydrogen-bond acceptors (Lipinski definition) is 3. The van der Waals surface area contributed by atoms with Gasteiger partial charge in [-0.3, -0.25) is 9.10 Å². The Morgan fingerprint density at radius 1 is 1.15 bits per heavy atom. The number of hydrogen-bond donors (Lipinski definition) is 2. The molecule has 2 aromatic carbocycles. The van der Waals surface area contributed by atoms with Crippen molar-refractivity contribution in [3.05, 3.63) is 58.2 Å². The quantitative estimate of drug-likeness (QED) is 0.660. The van der Waals surface area contributed by atoms with E-state index in [0.29, 0.717) is 0 Å². The lowest BCUT2D eigenvalue weighted by molar-refractivity contribution is -0.135. The van der Waals surface area contributed by atoms with Gasteiger partial charge in [0.05, 0.1) is 10.6 Å². The third kappa shape index (κ3) is 3.51. The Kier molecular flexibility index (Phi) is 4.88. The minimum absolute atomic E-state index is 0.142. The maximum atomic E-state index is 13.1. The van der Waals surface area contributed by atoms with Crippen molar-refractivity contribution in [2.24, 2.45) is 0 Å². The van der Waals surface area contributed by atoms with Crippen molar-refractivity contribution in [1.82, 2.24) is 4.98 Å². The van der Waals surface area contributed by atoms with Gasteiger partial charge in [-0.2, -0.15) is 0 Å². The number of anilines is 1. The molecule has 0 radical (unpaired) electrons. The van der Waals surface area contributed by atoms with Crippen LogP contribution in [0.3, 0.4) is 0 Å². The van der Waals surface area contributed by atoms with E-state index in [-0.39, 0.29) is 20.6 Å². The fourth-order valence-electron chi connectivity index (χ4n) is 2.72. The summed E-state index contributed by atoms with van der Waals surface area (Å²) in [5, 5.41) is 10.3. The minimum Gasteiger partial charge on any atom is -0.480 e. The zero-order chi connectivity index (χ0) is 19.1. The fourth-order valence-corrected chi connectivity index (χ4v) is 4.85. The molecule has 2 N–H and O–H groups in total. The predicted octanol–water partition coefficient (Wildman–Crippen LogP) is 4.06. The van der Waals surface area contributed by atoms with E-state index in [4.69, 9.17) is 23.2 Å². The van der Waals surface area contributed by atoms with Crippen LogP contribution in [-0.2, 0) is 14.8 Å². The summed E-state index contributed by atoms with van der Waals surface area (Å²) in [6.07, 6.45) is 1.73. The number of rotatable bonds is 5. The number of halogens is 2. The predicted molar refractivity (Wildman–Crippen MR) is 102 cm³/mol. The van der Waals surface area contributed by atoms with E-state index in [9.17, 15) is 18.3 Å². The number of carboxylic acids is 1. The topological polar surface area (TPSA) is 90.5 Å². The van der Waals surface area contributed by atoms with E-state index in [0.717, 1.165) is 20.8 Å². The third-order valence-electron chi connectivity index (χ3n) is 3.83. The molecule has 0 aliphatic heterocycles. The highest BCUT2D eigenvalue weighted by Gasteiger charge is 2.28. The van der Waals surface area contributed by atoms with Gasteiger partial charge in [0.2, 0.25) is 0 Å². The maximum Gasteiger partial charge on any atom is 0.324 e. The summed E-state index contributed by atoms with van der Waals surface area (Å²) in [6, 6.07) is 8.89. The molecular formula is C17H14Cl2N2O4S. The van der Waals surface area contributed by atoms with Gasteiger partial charge in [0, 0.05) is 27.1 Å². The minimum atomic E-state index is -4.19. The molecule has 0 aliphatic carbocycles. The van der Waals surface area contributed by atoms with Crippen LogP contribution in [0.2, 0.25) is 10.0 Å². The standard InChI is InChI=1S/C17H14Cl2N2O4S/c1-10-4-14(5-11-2-3-20-17(10)11)21(9-16(22)23)26(24,25)15-7-12(18)6-13(19)8-15/h2-8,20H,9H2,1H3,(H,22,23). The lowest BCUT2D eigenvalue weighted by atomic mass is 10.1. The number of carbonyl (C=O) groups is 1. The van der Waals surface area contributed by atoms with Crippen LogP contribution in [0.4, 0.5) is 5.69 Å². The van der Waals surface area contributed by atoms with Crippen LogP contribution in [0.25, 0.3) is 10.9 Å². The Bertz CT molecular complexity index is 1090. The van der Waals surface area contributed by atoms with Crippen molar-refractivity contribution < 1.29 is 18.3 Å². The molecule has 3 aromatic rings. The number of aliphatic carboxylic acids is 1. The van der Waals surface area contributed by atoms with Gasteiger partial charge < -0.3 is 10.1 Å². The summed E-state index contributed by atoms with van der Waals surface area (Å²) in [5.74, 6) is -1.28. The van der Waals surface area contributed by atoms with Crippen molar-refractivity contribution in [3.63, 3.8) is 0 Å². The van der Waals surface area contributed by atoms with Crippen LogP contribution in [0.1, 0.15) is 5.56 Å². The number of carboxylic acid groups (broad SMARTS) is 1. The number of aryl methyl sites for hydroxylation is 1. The van der Waals surface area contributed by atoms with Crippen molar-refractivity contribution in [2.45, 2.75) is 11.8 Å². The van der Waals surface area contributed by atoms with E-state index in [2.05, 4.69) is 4.98 Å². The summed E-state index contributed by atoms with van der Waals surface area (Å²) in [5.41, 5.74) is 1.89. The van der Waals surface area contributed by atoms with Gasteiger partial charge in [0.15, 0.2) is 0 Å². The first-order chi connectivity index (χ1) is 12.2. The number of fused-ring (bicyclic) bond motifs is 1. The number of aromatic amines is 1. The molecule has 26 heavy (non-hydrogen) atoms. The van der Waals surface area contributed by atoms with Gasteiger partial charge in [-0.05, 0) is 48.9 Å². The third-order valence-corrected chi connectivity index (χ3v) is 6.02. The van der Waals surface area contributed by atoms with Crippen LogP contribution in [-0.4, -0.2) is 31.0 Å². The van der Waals surface area contributed by atoms with Crippen molar-refractivity contribution >= 4 is 55.8 Å². The van der Waals surface area contributed by atoms with Crippen molar-refractivity contribution in [2.75, 3.05) is 10.8 Å². The normalized spacial score (nSPS) is 11.7.